The van der Waals surface area contributed by atoms with Crippen LogP contribution in [0, 0.1) is 24.7 Å². The van der Waals surface area contributed by atoms with Gasteiger partial charge in [-0.3, -0.25) is 24.8 Å². The Morgan fingerprint density at radius 3 is 2.48 bits per heavy atom. The summed E-state index contributed by atoms with van der Waals surface area (Å²) in [6.45, 7) is 7.69. The first-order valence-electron chi connectivity index (χ1n) is 18.3. The number of aliphatic imine (C=N–C) groups is 1. The average molecular weight is 702 g/mol. The van der Waals surface area contributed by atoms with E-state index < -0.39 is 18.0 Å². The largest absolute Gasteiger partial charge is 0.309 e. The molecule has 6 atom stereocenters. The van der Waals surface area contributed by atoms with Gasteiger partial charge in [-0.15, -0.1) is 0 Å². The summed E-state index contributed by atoms with van der Waals surface area (Å²) in [5.41, 5.74) is 7.79. The van der Waals surface area contributed by atoms with Crippen LogP contribution in [-0.2, 0) is 9.59 Å². The van der Waals surface area contributed by atoms with E-state index in [1.807, 2.05) is 87.0 Å². The maximum atomic E-state index is 15.8. The van der Waals surface area contributed by atoms with Crippen LogP contribution in [0.1, 0.15) is 93.3 Å². The lowest BCUT2D eigenvalue weighted by Crippen LogP contribution is -2.21. The molecule has 4 aromatic rings. The Labute approximate surface area is 301 Å². The molecule has 8 rings (SSSR count). The fraction of sp³-hybridized carbons (Fsp3) is 0.400. The molecule has 52 heavy (non-hydrogen) atoms. The lowest BCUT2D eigenvalue weighted by molar-refractivity contribution is -0.118. The molecule has 4 aliphatic rings. The highest BCUT2D eigenvalue weighted by atomic mass is 19.1. The maximum absolute atomic E-state index is 15.8. The van der Waals surface area contributed by atoms with E-state index in [0.717, 1.165) is 65.3 Å². The number of rotatable bonds is 11. The Morgan fingerprint density at radius 2 is 1.71 bits per heavy atom. The zero-order chi connectivity index (χ0) is 36.1. The van der Waals surface area contributed by atoms with Crippen molar-refractivity contribution in [3.63, 3.8) is 0 Å². The normalized spacial score (nSPS) is 24.8. The molecule has 268 valence electrons. The van der Waals surface area contributed by atoms with Crippen LogP contribution in [-0.4, -0.2) is 53.5 Å². The number of aromatic amines is 2. The van der Waals surface area contributed by atoms with Gasteiger partial charge in [0, 0.05) is 65.1 Å². The molecule has 0 spiro atoms. The third-order valence-corrected chi connectivity index (χ3v) is 10.8. The van der Waals surface area contributed by atoms with Crippen LogP contribution < -0.4 is 10.6 Å². The van der Waals surface area contributed by atoms with Crippen LogP contribution in [0.25, 0.3) is 5.65 Å². The predicted octanol–water partition coefficient (Wildman–Crippen LogP) is 7.60. The number of imidazole rings is 1. The molecule has 4 unspecified atom stereocenters. The molecule has 3 aliphatic carbocycles. The summed E-state index contributed by atoms with van der Waals surface area (Å²) in [7, 11) is 0. The second-order valence-corrected chi connectivity index (χ2v) is 14.9. The number of hydrogen-bond acceptors (Lipinski definition) is 6. The molecule has 0 saturated heterocycles. The van der Waals surface area contributed by atoms with Gasteiger partial charge in [0.25, 0.3) is 0 Å². The second kappa shape index (κ2) is 13.6. The van der Waals surface area contributed by atoms with Crippen molar-refractivity contribution >= 4 is 34.8 Å². The van der Waals surface area contributed by atoms with E-state index in [2.05, 4.69) is 42.1 Å². The number of fused-ring (bicyclic) bond motifs is 2. The van der Waals surface area contributed by atoms with Crippen molar-refractivity contribution in [1.29, 1.82) is 0 Å². The third-order valence-electron chi connectivity index (χ3n) is 10.8. The number of amides is 2. The Hall–Kier alpha value is -5.39. The number of pyridine rings is 1. The van der Waals surface area contributed by atoms with Crippen LogP contribution in [0.2, 0.25) is 0 Å². The molecular weight excluding hydrogens is 657 g/mol. The van der Waals surface area contributed by atoms with E-state index in [9.17, 15) is 9.59 Å². The predicted molar refractivity (Wildman–Crippen MR) is 199 cm³/mol. The smallest absolute Gasteiger partial charge is 0.234 e. The SMILES string of the molecule is CC(=CC(F)C1=C/CCC2C=C([C@@H](C)C(=O)Nc3cc(C4CC4)[nH]n3)N=C2/C=C\1)C1CC1c1cc(NC(=O)[C@H](C)c2cn3cc(C)ccc3n2)n[nH]1. The number of allylic oxidation sites excluding steroid dienone is 7. The van der Waals surface area contributed by atoms with Crippen molar-refractivity contribution in [3.8, 4) is 0 Å². The summed E-state index contributed by atoms with van der Waals surface area (Å²) in [4.78, 5) is 35.5. The summed E-state index contributed by atoms with van der Waals surface area (Å²) in [6, 6.07) is 7.72. The Morgan fingerprint density at radius 1 is 0.981 bits per heavy atom. The summed E-state index contributed by atoms with van der Waals surface area (Å²) < 4.78 is 17.7. The minimum Gasteiger partial charge on any atom is -0.309 e. The van der Waals surface area contributed by atoms with Gasteiger partial charge in [0.05, 0.1) is 17.5 Å². The molecule has 2 fully saturated rings. The molecule has 0 aromatic carbocycles. The van der Waals surface area contributed by atoms with E-state index in [4.69, 9.17) is 4.99 Å². The van der Waals surface area contributed by atoms with Crippen molar-refractivity contribution in [2.24, 2.45) is 22.7 Å². The van der Waals surface area contributed by atoms with E-state index in [-0.39, 0.29) is 29.6 Å². The first-order valence-corrected chi connectivity index (χ1v) is 18.3. The monoisotopic (exact) mass is 701 g/mol. The van der Waals surface area contributed by atoms with Gasteiger partial charge in [0.2, 0.25) is 11.8 Å². The van der Waals surface area contributed by atoms with E-state index in [1.54, 1.807) is 6.08 Å². The number of nitrogens with zero attached hydrogens (tertiary/aromatic N) is 5. The van der Waals surface area contributed by atoms with Gasteiger partial charge in [0.1, 0.15) is 11.8 Å². The average Bonchev–Trinajstić information content (AvgIpc) is 3.90. The summed E-state index contributed by atoms with van der Waals surface area (Å²) in [5.74, 6) is 0.794. The topological polar surface area (TPSA) is 145 Å². The number of aromatic nitrogens is 6. The quantitative estimate of drug-likeness (QED) is 0.119. The molecule has 2 amide bonds. The first-order chi connectivity index (χ1) is 25.1. The molecule has 0 radical (unpaired) electrons. The third kappa shape index (κ3) is 7.06. The molecule has 11 nitrogen and oxygen atoms in total. The second-order valence-electron chi connectivity index (χ2n) is 14.9. The number of carbonyl (C=O) groups excluding carboxylic acids is 2. The highest BCUT2D eigenvalue weighted by molar-refractivity contribution is 6.02. The van der Waals surface area contributed by atoms with Gasteiger partial charge in [-0.25, -0.2) is 9.37 Å². The van der Waals surface area contributed by atoms with Gasteiger partial charge >= 0.3 is 0 Å². The number of hydrogen-bond donors (Lipinski definition) is 4. The molecule has 4 aromatic heterocycles. The number of alkyl halides is 1. The maximum Gasteiger partial charge on any atom is 0.234 e. The molecule has 2 saturated carbocycles. The molecule has 4 N–H and O–H groups in total. The van der Waals surface area contributed by atoms with Crippen molar-refractivity contribution in [3.05, 3.63) is 107 Å². The van der Waals surface area contributed by atoms with Crippen molar-refractivity contribution < 1.29 is 14.0 Å². The lowest BCUT2D eigenvalue weighted by atomic mass is 9.92. The first kappa shape index (κ1) is 33.7. The van der Waals surface area contributed by atoms with Crippen molar-refractivity contribution in [2.45, 2.75) is 83.7 Å². The molecule has 0 bridgehead atoms. The molecule has 12 heteroatoms. The summed E-state index contributed by atoms with van der Waals surface area (Å²) in [6.07, 6.45) is 16.8. The highest BCUT2D eigenvalue weighted by Gasteiger charge is 2.41. The Kier molecular flexibility index (Phi) is 8.84. The number of anilines is 2. The number of carbonyl (C=O) groups is 2. The fourth-order valence-electron chi connectivity index (χ4n) is 7.23. The van der Waals surface area contributed by atoms with Crippen molar-refractivity contribution in [1.82, 2.24) is 29.8 Å². The van der Waals surface area contributed by atoms with Crippen LogP contribution in [0.3, 0.4) is 0 Å². The van der Waals surface area contributed by atoms with Gasteiger partial charge in [-0.2, -0.15) is 10.2 Å². The zero-order valence-electron chi connectivity index (χ0n) is 29.9. The van der Waals surface area contributed by atoms with Crippen LogP contribution in [0.15, 0.2) is 88.9 Å². The molecular formula is C40H44FN9O2. The number of H-pyrrole nitrogens is 2. The minimum atomic E-state index is -1.25. The Balaban J connectivity index is 0.848. The van der Waals surface area contributed by atoms with Crippen molar-refractivity contribution in [2.75, 3.05) is 10.6 Å². The lowest BCUT2D eigenvalue weighted by Gasteiger charge is -2.13. The highest BCUT2D eigenvalue weighted by Crippen LogP contribution is 2.51. The van der Waals surface area contributed by atoms with Gasteiger partial charge in [-0.1, -0.05) is 29.9 Å². The number of halogens is 1. The van der Waals surface area contributed by atoms with Crippen LogP contribution in [0.4, 0.5) is 16.0 Å². The fourth-order valence-corrected chi connectivity index (χ4v) is 7.23. The zero-order valence-corrected chi connectivity index (χ0v) is 29.9. The number of aryl methyl sites for hydroxylation is 1. The summed E-state index contributed by atoms with van der Waals surface area (Å²) >= 11 is 0. The van der Waals surface area contributed by atoms with E-state index in [0.29, 0.717) is 35.2 Å². The van der Waals surface area contributed by atoms with Gasteiger partial charge < -0.3 is 15.0 Å². The standard InChI is InChI=1S/C40H44FN9O2/c1-21-8-13-38-43-35(20-50(38)19-21)24(4)40(52)45-37-18-34(47-49-37)29-16-28(29)22(2)14-30(41)25-6-5-7-27-15-32(42-31(27)12-11-25)23(3)39(51)44-36-17-33(46-48-36)26-9-10-26/h6,8,11-15,17-20,23-24,26-30H,5,7,9-10,16H2,1-4H3,(H2,44,46,48,51)(H2,45,47,49,52)/b12-11-,22-14?,25-6+/t23-,24-,27?,28?,29?,30?/m1/s1. The summed E-state index contributed by atoms with van der Waals surface area (Å²) in [5, 5.41) is 20.5. The van der Waals surface area contributed by atoms with E-state index in [1.165, 1.54) is 0 Å². The molecule has 1 aliphatic heterocycles. The minimum absolute atomic E-state index is 0.0938. The van der Waals surface area contributed by atoms with Gasteiger partial charge in [-0.05, 0) is 95.1 Å². The Bertz CT molecular complexity index is 2200. The van der Waals surface area contributed by atoms with Crippen LogP contribution in [0.5, 0.6) is 0 Å². The number of nitrogens with one attached hydrogen (secondary N) is 4. The van der Waals surface area contributed by atoms with E-state index >= 15 is 4.39 Å². The van der Waals surface area contributed by atoms with Gasteiger partial charge in [0.15, 0.2) is 11.6 Å². The van der Waals surface area contributed by atoms with Crippen LogP contribution >= 0.6 is 0 Å². The molecule has 5 heterocycles.